The Labute approximate surface area is 93.5 Å². The molecule has 0 bridgehead atoms. The molecule has 1 aliphatic heterocycles. The van der Waals surface area contributed by atoms with Crippen molar-refractivity contribution in [1.29, 1.82) is 5.41 Å². The normalized spacial score (nSPS) is 16.6. The Bertz CT molecular complexity index is 470. The monoisotopic (exact) mass is 221 g/mol. The molecular weight excluding hydrogens is 206 g/mol. The Kier molecular flexibility index (Phi) is 2.53. The van der Waals surface area contributed by atoms with Crippen LogP contribution in [0.2, 0.25) is 0 Å². The molecular formula is C10H15N5O. The third-order valence-corrected chi connectivity index (χ3v) is 2.57. The first kappa shape index (κ1) is 10.8. The summed E-state index contributed by atoms with van der Waals surface area (Å²) >= 11 is 0. The molecule has 16 heavy (non-hydrogen) atoms. The molecule has 6 heteroatoms. The number of nitrogens with zero attached hydrogens (tertiary/aromatic N) is 3. The van der Waals surface area contributed by atoms with Crippen LogP contribution in [0.1, 0.15) is 24.1 Å². The van der Waals surface area contributed by atoms with Gasteiger partial charge in [0, 0.05) is 12.7 Å². The number of allylic oxidation sites excluding steroid dienone is 2. The van der Waals surface area contributed by atoms with Gasteiger partial charge < -0.3 is 15.5 Å². The Morgan fingerprint density at radius 2 is 2.25 bits per heavy atom. The molecule has 0 amide bonds. The van der Waals surface area contributed by atoms with Gasteiger partial charge in [-0.05, 0) is 13.0 Å². The fraction of sp³-hybridized carbons (Fsp3) is 0.400. The van der Waals surface area contributed by atoms with Gasteiger partial charge in [0.25, 0.3) is 0 Å². The second-order valence-electron chi connectivity index (χ2n) is 4.01. The van der Waals surface area contributed by atoms with Gasteiger partial charge in [-0.1, -0.05) is 0 Å². The van der Waals surface area contributed by atoms with Crippen molar-refractivity contribution < 1.29 is 5.21 Å². The Morgan fingerprint density at radius 1 is 1.56 bits per heavy atom. The number of hydrogen-bond acceptors (Lipinski definition) is 5. The van der Waals surface area contributed by atoms with Crippen LogP contribution in [0.3, 0.4) is 0 Å². The molecule has 86 valence electrons. The molecule has 4 N–H and O–H groups in total. The van der Waals surface area contributed by atoms with Crippen molar-refractivity contribution in [2.24, 2.45) is 12.8 Å². The number of fused-ring (bicyclic) bond motifs is 1. The SMILES string of the molecule is C/C(N)=C/C(=N)c1nc2c(n1C)CN(O)C2. The Balaban J connectivity index is 2.36. The molecule has 0 aliphatic carbocycles. The van der Waals surface area contributed by atoms with Crippen molar-refractivity contribution >= 4 is 5.71 Å². The molecule has 1 aromatic heterocycles. The first-order valence-corrected chi connectivity index (χ1v) is 5.00. The van der Waals surface area contributed by atoms with Crippen LogP contribution in [0.4, 0.5) is 0 Å². The van der Waals surface area contributed by atoms with Gasteiger partial charge in [-0.3, -0.25) is 5.41 Å². The number of nitrogens with one attached hydrogen (secondary N) is 1. The molecule has 0 saturated carbocycles. The quantitative estimate of drug-likeness (QED) is 0.629. The lowest BCUT2D eigenvalue weighted by Crippen LogP contribution is -2.15. The van der Waals surface area contributed by atoms with Crippen LogP contribution >= 0.6 is 0 Å². The summed E-state index contributed by atoms with van der Waals surface area (Å²) in [6, 6.07) is 0. The highest BCUT2D eigenvalue weighted by Gasteiger charge is 2.25. The zero-order chi connectivity index (χ0) is 11.9. The maximum absolute atomic E-state index is 9.33. The zero-order valence-corrected chi connectivity index (χ0v) is 9.36. The number of hydrogen-bond donors (Lipinski definition) is 3. The van der Waals surface area contributed by atoms with Crippen LogP contribution in [-0.4, -0.2) is 25.5 Å². The fourth-order valence-electron chi connectivity index (χ4n) is 1.85. The summed E-state index contributed by atoms with van der Waals surface area (Å²) in [4.78, 5) is 4.33. The topological polar surface area (TPSA) is 91.2 Å². The van der Waals surface area contributed by atoms with E-state index in [9.17, 15) is 5.21 Å². The van der Waals surface area contributed by atoms with Gasteiger partial charge in [0.2, 0.25) is 0 Å². The van der Waals surface area contributed by atoms with Crippen molar-refractivity contribution in [2.75, 3.05) is 0 Å². The molecule has 0 fully saturated rings. The maximum Gasteiger partial charge on any atom is 0.158 e. The lowest BCUT2D eigenvalue weighted by molar-refractivity contribution is -0.0985. The standard InChI is InChI=1S/C10H15N5O/c1-6(11)3-7(12)10-13-8-4-15(16)5-9(8)14(10)2/h3,12,16H,4-5,11H2,1-2H3/b6-3-,12-7?. The minimum absolute atomic E-state index is 0.293. The summed E-state index contributed by atoms with van der Waals surface area (Å²) in [6.07, 6.45) is 1.58. The summed E-state index contributed by atoms with van der Waals surface area (Å²) in [5, 5.41) is 18.4. The summed E-state index contributed by atoms with van der Waals surface area (Å²) in [6.45, 7) is 2.61. The lowest BCUT2D eigenvalue weighted by atomic mass is 10.3. The molecule has 0 aromatic carbocycles. The van der Waals surface area contributed by atoms with Gasteiger partial charge in [-0.15, -0.1) is 0 Å². The minimum Gasteiger partial charge on any atom is -0.402 e. The molecule has 0 radical (unpaired) electrons. The molecule has 2 rings (SSSR count). The smallest absolute Gasteiger partial charge is 0.158 e. The highest BCUT2D eigenvalue weighted by Crippen LogP contribution is 2.21. The summed E-state index contributed by atoms with van der Waals surface area (Å²) < 4.78 is 1.83. The molecule has 2 heterocycles. The number of nitrogens with two attached hydrogens (primary N) is 1. The van der Waals surface area contributed by atoms with E-state index in [1.54, 1.807) is 13.0 Å². The van der Waals surface area contributed by atoms with E-state index in [1.807, 2.05) is 11.6 Å². The number of imidazole rings is 1. The van der Waals surface area contributed by atoms with Crippen molar-refractivity contribution in [2.45, 2.75) is 20.0 Å². The molecule has 0 unspecified atom stereocenters. The van der Waals surface area contributed by atoms with Crippen LogP contribution < -0.4 is 5.73 Å². The van der Waals surface area contributed by atoms with Crippen LogP contribution in [-0.2, 0) is 20.1 Å². The van der Waals surface area contributed by atoms with Gasteiger partial charge in [0.15, 0.2) is 5.82 Å². The third kappa shape index (κ3) is 1.72. The van der Waals surface area contributed by atoms with Crippen LogP contribution in [0.25, 0.3) is 0 Å². The highest BCUT2D eigenvalue weighted by atomic mass is 16.5. The Hall–Kier alpha value is -1.66. The predicted octanol–water partition coefficient (Wildman–Crippen LogP) is 0.355. The van der Waals surface area contributed by atoms with Crippen molar-refractivity contribution in [1.82, 2.24) is 14.6 Å². The number of hydroxylamine groups is 2. The first-order chi connectivity index (χ1) is 7.49. The van der Waals surface area contributed by atoms with Crippen molar-refractivity contribution in [3.63, 3.8) is 0 Å². The third-order valence-electron chi connectivity index (χ3n) is 2.57. The number of aromatic nitrogens is 2. The molecule has 0 atom stereocenters. The zero-order valence-electron chi connectivity index (χ0n) is 9.36. The number of rotatable bonds is 2. The average Bonchev–Trinajstić information content (AvgIpc) is 2.64. The van der Waals surface area contributed by atoms with E-state index < -0.39 is 0 Å². The Morgan fingerprint density at radius 3 is 2.81 bits per heavy atom. The molecule has 1 aliphatic rings. The first-order valence-electron chi connectivity index (χ1n) is 5.00. The van der Waals surface area contributed by atoms with Crippen molar-refractivity contribution in [3.8, 4) is 0 Å². The summed E-state index contributed by atoms with van der Waals surface area (Å²) in [5.74, 6) is 0.586. The maximum atomic E-state index is 9.33. The fourth-order valence-corrected chi connectivity index (χ4v) is 1.85. The van der Waals surface area contributed by atoms with E-state index >= 15 is 0 Å². The molecule has 0 spiro atoms. The van der Waals surface area contributed by atoms with E-state index in [1.165, 1.54) is 5.06 Å². The van der Waals surface area contributed by atoms with Gasteiger partial charge in [0.05, 0.1) is 30.2 Å². The van der Waals surface area contributed by atoms with E-state index in [4.69, 9.17) is 11.1 Å². The predicted molar refractivity (Wildman–Crippen MR) is 59.0 cm³/mol. The van der Waals surface area contributed by atoms with E-state index in [2.05, 4.69) is 4.98 Å². The summed E-state index contributed by atoms with van der Waals surface area (Å²) in [5.41, 5.74) is 8.18. The van der Waals surface area contributed by atoms with E-state index in [-0.39, 0.29) is 0 Å². The second kappa shape index (κ2) is 3.73. The minimum atomic E-state index is 0.293. The lowest BCUT2D eigenvalue weighted by Gasteiger charge is -2.07. The van der Waals surface area contributed by atoms with Gasteiger partial charge in [0.1, 0.15) is 0 Å². The molecule has 6 nitrogen and oxygen atoms in total. The van der Waals surface area contributed by atoms with Crippen LogP contribution in [0.5, 0.6) is 0 Å². The highest BCUT2D eigenvalue weighted by molar-refractivity contribution is 6.04. The average molecular weight is 221 g/mol. The van der Waals surface area contributed by atoms with Crippen LogP contribution in [0.15, 0.2) is 11.8 Å². The molecule has 0 saturated heterocycles. The largest absolute Gasteiger partial charge is 0.402 e. The van der Waals surface area contributed by atoms with E-state index in [0.29, 0.717) is 30.3 Å². The van der Waals surface area contributed by atoms with Crippen LogP contribution in [0, 0.1) is 5.41 Å². The summed E-state index contributed by atoms with van der Waals surface area (Å²) in [7, 11) is 1.84. The van der Waals surface area contributed by atoms with Crippen molar-refractivity contribution in [3.05, 3.63) is 29.0 Å². The second-order valence-corrected chi connectivity index (χ2v) is 4.01. The van der Waals surface area contributed by atoms with Gasteiger partial charge >= 0.3 is 0 Å². The van der Waals surface area contributed by atoms with Gasteiger partial charge in [-0.25, -0.2) is 4.98 Å². The van der Waals surface area contributed by atoms with E-state index in [0.717, 1.165) is 11.4 Å². The van der Waals surface area contributed by atoms with Gasteiger partial charge in [-0.2, -0.15) is 5.06 Å². The molecule has 1 aromatic rings.